The molecule has 3 aromatic carbocycles. The highest BCUT2D eigenvalue weighted by Gasteiger charge is 2.35. The number of benzene rings is 3. The molecule has 1 N–H and O–H groups in total. The Morgan fingerprint density at radius 2 is 1.68 bits per heavy atom. The lowest BCUT2D eigenvalue weighted by atomic mass is 9.99. The van der Waals surface area contributed by atoms with Gasteiger partial charge in [0.1, 0.15) is 6.54 Å². The number of aryl methyl sites for hydroxylation is 1. The Labute approximate surface area is 187 Å². The van der Waals surface area contributed by atoms with Crippen molar-refractivity contribution in [3.63, 3.8) is 0 Å². The highest BCUT2D eigenvalue weighted by Crippen LogP contribution is 2.43. The van der Waals surface area contributed by atoms with E-state index in [1.165, 1.54) is 4.31 Å². The van der Waals surface area contributed by atoms with Crippen molar-refractivity contribution in [3.05, 3.63) is 82.9 Å². The van der Waals surface area contributed by atoms with Crippen LogP contribution in [0.25, 0.3) is 11.1 Å². The number of nitrogens with zero attached hydrogens (tertiary/aromatic N) is 1. The molecule has 0 aliphatic carbocycles. The van der Waals surface area contributed by atoms with Crippen molar-refractivity contribution >= 4 is 33.2 Å². The molecule has 0 saturated carbocycles. The van der Waals surface area contributed by atoms with Gasteiger partial charge in [0.2, 0.25) is 5.91 Å². The van der Waals surface area contributed by atoms with E-state index in [0.717, 1.165) is 23.1 Å². The molecule has 1 aliphatic rings. The highest BCUT2D eigenvalue weighted by atomic mass is 35.5. The lowest BCUT2D eigenvalue weighted by molar-refractivity contribution is -0.119. The van der Waals surface area contributed by atoms with E-state index in [1.807, 2.05) is 36.4 Å². The molecule has 3 aromatic rings. The van der Waals surface area contributed by atoms with Gasteiger partial charge >= 0.3 is 0 Å². The third-order valence-corrected chi connectivity index (χ3v) is 7.49. The van der Waals surface area contributed by atoms with Crippen LogP contribution < -0.4 is 9.62 Å². The van der Waals surface area contributed by atoms with Gasteiger partial charge in [-0.05, 0) is 54.3 Å². The zero-order valence-corrected chi connectivity index (χ0v) is 18.7. The lowest BCUT2D eigenvalue weighted by Crippen LogP contribution is -2.43. The van der Waals surface area contributed by atoms with Crippen molar-refractivity contribution in [1.82, 2.24) is 5.32 Å². The first-order valence-corrected chi connectivity index (χ1v) is 12.0. The largest absolute Gasteiger partial charge is 0.354 e. The van der Waals surface area contributed by atoms with Crippen molar-refractivity contribution < 1.29 is 13.2 Å². The molecule has 0 saturated heterocycles. The van der Waals surface area contributed by atoms with Gasteiger partial charge in [0.05, 0.1) is 10.6 Å². The molecule has 0 bridgehead atoms. The second kappa shape index (κ2) is 8.73. The summed E-state index contributed by atoms with van der Waals surface area (Å²) in [6.07, 6.45) is 1.47. The molecule has 0 radical (unpaired) electrons. The molecule has 7 heteroatoms. The normalized spacial score (nSPS) is 13.9. The summed E-state index contributed by atoms with van der Waals surface area (Å²) in [7, 11) is -3.84. The fourth-order valence-corrected chi connectivity index (χ4v) is 5.53. The third-order valence-electron chi connectivity index (χ3n) is 5.42. The second-order valence-corrected chi connectivity index (χ2v) is 9.71. The van der Waals surface area contributed by atoms with Gasteiger partial charge in [-0.1, -0.05) is 54.9 Å². The van der Waals surface area contributed by atoms with E-state index in [2.05, 4.69) is 12.2 Å². The van der Waals surface area contributed by atoms with Crippen LogP contribution in [0.5, 0.6) is 0 Å². The van der Waals surface area contributed by atoms with Crippen LogP contribution in [0.15, 0.2) is 71.6 Å². The molecule has 0 atom stereocenters. The molecule has 0 unspecified atom stereocenters. The van der Waals surface area contributed by atoms with Crippen LogP contribution in [0.1, 0.15) is 18.1 Å². The minimum atomic E-state index is -3.84. The lowest BCUT2D eigenvalue weighted by Gasteiger charge is -2.32. The van der Waals surface area contributed by atoms with Crippen molar-refractivity contribution in [3.8, 4) is 11.1 Å². The number of sulfonamides is 1. The van der Waals surface area contributed by atoms with E-state index in [0.29, 0.717) is 29.2 Å². The minimum Gasteiger partial charge on any atom is -0.354 e. The van der Waals surface area contributed by atoms with Crippen molar-refractivity contribution in [2.24, 2.45) is 0 Å². The van der Waals surface area contributed by atoms with Gasteiger partial charge in [-0.2, -0.15) is 0 Å². The Bertz CT molecular complexity index is 1220. The predicted octanol–water partition coefficient (Wildman–Crippen LogP) is 4.44. The van der Waals surface area contributed by atoms with Crippen LogP contribution in [-0.2, 0) is 27.7 Å². The van der Waals surface area contributed by atoms with Crippen LogP contribution in [0.4, 0.5) is 5.69 Å². The number of nitrogens with one attached hydrogen (secondary N) is 1. The van der Waals surface area contributed by atoms with Crippen molar-refractivity contribution in [2.45, 2.75) is 24.7 Å². The molecule has 5 nitrogen and oxygen atoms in total. The summed E-state index contributed by atoms with van der Waals surface area (Å²) in [5.41, 5.74) is 4.19. The Hall–Kier alpha value is -2.83. The van der Waals surface area contributed by atoms with E-state index in [1.54, 1.807) is 30.3 Å². The number of fused-ring (bicyclic) bond motifs is 3. The third kappa shape index (κ3) is 4.31. The van der Waals surface area contributed by atoms with Gasteiger partial charge in [0.25, 0.3) is 10.0 Å². The van der Waals surface area contributed by atoms with Gasteiger partial charge in [0.15, 0.2) is 0 Å². The molecule has 1 aliphatic heterocycles. The molecule has 0 fully saturated rings. The Morgan fingerprint density at radius 3 is 2.42 bits per heavy atom. The van der Waals surface area contributed by atoms with E-state index < -0.39 is 10.0 Å². The van der Waals surface area contributed by atoms with Gasteiger partial charge < -0.3 is 5.32 Å². The van der Waals surface area contributed by atoms with Gasteiger partial charge in [-0.15, -0.1) is 0 Å². The van der Waals surface area contributed by atoms with Crippen LogP contribution in [0.2, 0.25) is 5.02 Å². The average Bonchev–Trinajstić information content (AvgIpc) is 2.78. The molecule has 0 aromatic heterocycles. The fourth-order valence-electron chi connectivity index (χ4n) is 3.75. The van der Waals surface area contributed by atoms with Crippen molar-refractivity contribution in [1.29, 1.82) is 0 Å². The Morgan fingerprint density at radius 1 is 0.968 bits per heavy atom. The SMILES string of the molecule is CCc1ccc2c(c1)-c1ccccc1S(=O)(=O)N2CC(=O)NCCc1ccc(Cl)cc1. The van der Waals surface area contributed by atoms with Gasteiger partial charge in [-0.3, -0.25) is 9.10 Å². The molecule has 0 spiro atoms. The number of amides is 1. The molecule has 1 heterocycles. The first-order chi connectivity index (χ1) is 14.9. The zero-order chi connectivity index (χ0) is 22.0. The van der Waals surface area contributed by atoms with E-state index >= 15 is 0 Å². The maximum Gasteiger partial charge on any atom is 0.265 e. The van der Waals surface area contributed by atoms with E-state index in [4.69, 9.17) is 11.6 Å². The van der Waals surface area contributed by atoms with Gasteiger partial charge in [-0.25, -0.2) is 8.42 Å². The highest BCUT2D eigenvalue weighted by molar-refractivity contribution is 7.93. The maximum atomic E-state index is 13.3. The van der Waals surface area contributed by atoms with Gasteiger partial charge in [0, 0.05) is 22.7 Å². The molecule has 1 amide bonds. The summed E-state index contributed by atoms with van der Waals surface area (Å²) >= 11 is 5.90. The average molecular weight is 455 g/mol. The standard InChI is InChI=1S/C24H23ClN2O3S/c1-2-17-9-12-22-21(15-17)20-5-3-4-6-23(20)31(29,30)27(22)16-24(28)26-14-13-18-7-10-19(25)11-8-18/h3-12,15H,2,13-14,16H2,1H3,(H,26,28). The number of rotatable bonds is 6. The predicted molar refractivity (Wildman–Crippen MR) is 124 cm³/mol. The van der Waals surface area contributed by atoms with E-state index in [9.17, 15) is 13.2 Å². The Balaban J connectivity index is 1.56. The van der Waals surface area contributed by atoms with Crippen molar-refractivity contribution in [2.75, 3.05) is 17.4 Å². The topological polar surface area (TPSA) is 66.5 Å². The molecular weight excluding hydrogens is 432 g/mol. The Kier molecular flexibility index (Phi) is 6.03. The number of hydrogen-bond acceptors (Lipinski definition) is 3. The summed E-state index contributed by atoms with van der Waals surface area (Å²) in [5.74, 6) is -0.345. The molecular formula is C24H23ClN2O3S. The monoisotopic (exact) mass is 454 g/mol. The van der Waals surface area contributed by atoms with E-state index in [-0.39, 0.29) is 17.3 Å². The summed E-state index contributed by atoms with van der Waals surface area (Å²) < 4.78 is 27.8. The first-order valence-electron chi connectivity index (χ1n) is 10.2. The number of halogens is 1. The summed E-state index contributed by atoms with van der Waals surface area (Å²) in [4.78, 5) is 12.9. The minimum absolute atomic E-state index is 0.227. The number of carbonyl (C=O) groups is 1. The van der Waals surface area contributed by atoms with Crippen LogP contribution in [-0.4, -0.2) is 27.4 Å². The molecule has 31 heavy (non-hydrogen) atoms. The number of carbonyl (C=O) groups excluding carboxylic acids is 1. The molecule has 160 valence electrons. The smallest absolute Gasteiger partial charge is 0.265 e. The maximum absolute atomic E-state index is 13.3. The second-order valence-electron chi connectivity index (χ2n) is 7.44. The summed E-state index contributed by atoms with van der Waals surface area (Å²) in [6, 6.07) is 20.1. The summed E-state index contributed by atoms with van der Waals surface area (Å²) in [5, 5.41) is 3.49. The first kappa shape index (κ1) is 21.4. The fraction of sp³-hybridized carbons (Fsp3) is 0.208. The summed E-state index contributed by atoms with van der Waals surface area (Å²) in [6.45, 7) is 2.20. The zero-order valence-electron chi connectivity index (χ0n) is 17.1. The molecule has 4 rings (SSSR count). The number of anilines is 1. The number of hydrogen-bond donors (Lipinski definition) is 1. The van der Waals surface area contributed by atoms with Crippen LogP contribution >= 0.6 is 11.6 Å². The quantitative estimate of drug-likeness (QED) is 0.598. The van der Waals surface area contributed by atoms with Crippen LogP contribution in [0.3, 0.4) is 0 Å². The van der Waals surface area contributed by atoms with Crippen LogP contribution in [0, 0.1) is 0 Å².